The molecule has 0 unspecified atom stereocenters. The van der Waals surface area contributed by atoms with Gasteiger partial charge < -0.3 is 4.74 Å². The third kappa shape index (κ3) is 1.96. The summed E-state index contributed by atoms with van der Waals surface area (Å²) in [4.78, 5) is 4.08. The second kappa shape index (κ2) is 2.70. The first-order valence-electron chi connectivity index (χ1n) is 3.06. The van der Waals surface area contributed by atoms with Crippen LogP contribution in [-0.2, 0) is 4.74 Å². The predicted molar refractivity (Wildman–Crippen MR) is 33.1 cm³/mol. The molecule has 0 aliphatic heterocycles. The minimum absolute atomic E-state index is 0.599. The van der Waals surface area contributed by atoms with Crippen LogP contribution in [-0.4, -0.2) is 19.0 Å². The Hall–Kier alpha value is -0.530. The van der Waals surface area contributed by atoms with Crippen molar-refractivity contribution in [2.24, 2.45) is 4.99 Å². The fourth-order valence-corrected chi connectivity index (χ4v) is 0.427. The van der Waals surface area contributed by atoms with Gasteiger partial charge in [-0.15, -0.1) is 0 Å². The van der Waals surface area contributed by atoms with Crippen molar-refractivity contribution in [3.8, 4) is 0 Å². The Morgan fingerprint density at radius 2 is 2.50 bits per heavy atom. The van der Waals surface area contributed by atoms with Crippen molar-refractivity contribution < 1.29 is 4.74 Å². The van der Waals surface area contributed by atoms with Gasteiger partial charge in [-0.3, -0.25) is 4.99 Å². The van der Waals surface area contributed by atoms with Crippen LogP contribution in [0.15, 0.2) is 4.99 Å². The highest BCUT2D eigenvalue weighted by atomic mass is 16.5. The molecule has 46 valence electrons. The monoisotopic (exact) mass is 113 g/mol. The molecule has 1 saturated carbocycles. The Kier molecular flexibility index (Phi) is 1.89. The van der Waals surface area contributed by atoms with E-state index >= 15 is 0 Å². The van der Waals surface area contributed by atoms with Crippen molar-refractivity contribution in [2.45, 2.75) is 25.8 Å². The molecular weight excluding hydrogens is 102 g/mol. The van der Waals surface area contributed by atoms with E-state index in [0.29, 0.717) is 6.04 Å². The van der Waals surface area contributed by atoms with Crippen molar-refractivity contribution >= 4 is 6.40 Å². The third-order valence-corrected chi connectivity index (χ3v) is 1.06. The molecule has 0 N–H and O–H groups in total. The molecule has 0 spiro atoms. The highest BCUT2D eigenvalue weighted by Gasteiger charge is 2.18. The second-order valence-electron chi connectivity index (χ2n) is 1.94. The van der Waals surface area contributed by atoms with E-state index in [0.717, 1.165) is 6.61 Å². The van der Waals surface area contributed by atoms with Gasteiger partial charge in [0.25, 0.3) is 0 Å². The van der Waals surface area contributed by atoms with Crippen LogP contribution in [0.1, 0.15) is 19.8 Å². The summed E-state index contributed by atoms with van der Waals surface area (Å²) >= 11 is 0. The summed E-state index contributed by atoms with van der Waals surface area (Å²) in [7, 11) is 0. The second-order valence-corrected chi connectivity index (χ2v) is 1.94. The molecule has 1 aliphatic rings. The van der Waals surface area contributed by atoms with E-state index in [4.69, 9.17) is 4.74 Å². The maximum absolute atomic E-state index is 4.89. The Bertz CT molecular complexity index is 86.5. The summed E-state index contributed by atoms with van der Waals surface area (Å²) < 4.78 is 4.89. The first-order valence-corrected chi connectivity index (χ1v) is 3.06. The van der Waals surface area contributed by atoms with Crippen molar-refractivity contribution in [2.75, 3.05) is 6.61 Å². The first-order chi connectivity index (χ1) is 3.93. The van der Waals surface area contributed by atoms with Crippen molar-refractivity contribution in [1.82, 2.24) is 0 Å². The average Bonchev–Trinajstić information content (AvgIpc) is 2.51. The van der Waals surface area contributed by atoms with Crippen molar-refractivity contribution in [3.63, 3.8) is 0 Å². The number of rotatable bonds is 3. The largest absolute Gasteiger partial charge is 0.484 e. The molecule has 0 amide bonds. The fourth-order valence-electron chi connectivity index (χ4n) is 0.427. The molecule has 0 radical (unpaired) electrons. The highest BCUT2D eigenvalue weighted by molar-refractivity contribution is 5.46. The molecular formula is C6H11NO. The van der Waals surface area contributed by atoms with Crippen molar-refractivity contribution in [1.29, 1.82) is 0 Å². The SMILES string of the molecule is CCOC=NC1CC1. The number of ether oxygens (including phenoxy) is 1. The van der Waals surface area contributed by atoms with Crippen LogP contribution in [0.5, 0.6) is 0 Å². The quantitative estimate of drug-likeness (QED) is 0.398. The standard InChI is InChI=1S/C6H11NO/c1-2-8-5-7-6-3-4-6/h5-6H,2-4H2,1H3. The molecule has 0 atom stereocenters. The van der Waals surface area contributed by atoms with Gasteiger partial charge >= 0.3 is 0 Å². The summed E-state index contributed by atoms with van der Waals surface area (Å²) in [5, 5.41) is 0. The maximum Gasteiger partial charge on any atom is 0.169 e. The van der Waals surface area contributed by atoms with E-state index in [-0.39, 0.29) is 0 Å². The molecule has 0 saturated heterocycles. The lowest BCUT2D eigenvalue weighted by molar-refractivity contribution is 0.342. The van der Waals surface area contributed by atoms with E-state index in [2.05, 4.69) is 4.99 Å². The number of aliphatic imine (C=N–C) groups is 1. The molecule has 0 aromatic carbocycles. The lowest BCUT2D eigenvalue weighted by Crippen LogP contribution is -1.85. The molecule has 0 bridgehead atoms. The van der Waals surface area contributed by atoms with E-state index in [1.807, 2.05) is 6.92 Å². The minimum Gasteiger partial charge on any atom is -0.484 e. The van der Waals surface area contributed by atoms with Crippen LogP contribution < -0.4 is 0 Å². The fraction of sp³-hybridized carbons (Fsp3) is 0.833. The highest BCUT2D eigenvalue weighted by Crippen LogP contribution is 2.22. The van der Waals surface area contributed by atoms with Gasteiger partial charge in [0.2, 0.25) is 0 Å². The van der Waals surface area contributed by atoms with Gasteiger partial charge in [0.15, 0.2) is 6.40 Å². The zero-order chi connectivity index (χ0) is 5.82. The summed E-state index contributed by atoms with van der Waals surface area (Å²) in [5.74, 6) is 0. The molecule has 1 fully saturated rings. The van der Waals surface area contributed by atoms with Crippen LogP contribution in [0.25, 0.3) is 0 Å². The van der Waals surface area contributed by atoms with Crippen molar-refractivity contribution in [3.05, 3.63) is 0 Å². The van der Waals surface area contributed by atoms with Gasteiger partial charge in [-0.25, -0.2) is 0 Å². The summed E-state index contributed by atoms with van der Waals surface area (Å²) in [6.07, 6.45) is 4.07. The summed E-state index contributed by atoms with van der Waals surface area (Å²) in [6.45, 7) is 2.69. The van der Waals surface area contributed by atoms with Gasteiger partial charge in [-0.1, -0.05) is 0 Å². The summed E-state index contributed by atoms with van der Waals surface area (Å²) in [5.41, 5.74) is 0. The first kappa shape index (κ1) is 5.60. The van der Waals surface area contributed by atoms with E-state index < -0.39 is 0 Å². The molecule has 2 heteroatoms. The summed E-state index contributed by atoms with van der Waals surface area (Å²) in [6, 6.07) is 0.599. The van der Waals surface area contributed by atoms with Gasteiger partial charge in [-0.05, 0) is 19.8 Å². The van der Waals surface area contributed by atoms with Gasteiger partial charge in [0.1, 0.15) is 0 Å². The van der Waals surface area contributed by atoms with E-state index in [1.54, 1.807) is 6.40 Å². The smallest absolute Gasteiger partial charge is 0.169 e. The average molecular weight is 113 g/mol. The van der Waals surface area contributed by atoms with Crippen LogP contribution in [0.4, 0.5) is 0 Å². The van der Waals surface area contributed by atoms with Gasteiger partial charge in [0, 0.05) is 0 Å². The lowest BCUT2D eigenvalue weighted by Gasteiger charge is -1.88. The molecule has 0 heterocycles. The van der Waals surface area contributed by atoms with Crippen LogP contribution in [0.2, 0.25) is 0 Å². The van der Waals surface area contributed by atoms with Crippen LogP contribution >= 0.6 is 0 Å². The Morgan fingerprint density at radius 1 is 1.75 bits per heavy atom. The number of hydrogen-bond donors (Lipinski definition) is 0. The topological polar surface area (TPSA) is 21.6 Å². The van der Waals surface area contributed by atoms with Crippen LogP contribution in [0.3, 0.4) is 0 Å². The Labute approximate surface area is 49.6 Å². The molecule has 1 rings (SSSR count). The molecule has 8 heavy (non-hydrogen) atoms. The normalized spacial score (nSPS) is 19.6. The zero-order valence-corrected chi connectivity index (χ0v) is 5.13. The lowest BCUT2D eigenvalue weighted by atomic mass is 10.8. The minimum atomic E-state index is 0.599. The third-order valence-electron chi connectivity index (χ3n) is 1.06. The zero-order valence-electron chi connectivity index (χ0n) is 5.13. The van der Waals surface area contributed by atoms with E-state index in [1.165, 1.54) is 12.8 Å². The molecule has 2 nitrogen and oxygen atoms in total. The number of nitrogens with zero attached hydrogens (tertiary/aromatic N) is 1. The van der Waals surface area contributed by atoms with E-state index in [9.17, 15) is 0 Å². The Balaban J connectivity index is 1.96. The molecule has 0 aromatic rings. The predicted octanol–water partition coefficient (Wildman–Crippen LogP) is 1.21. The molecule has 1 aliphatic carbocycles. The van der Waals surface area contributed by atoms with Gasteiger partial charge in [-0.2, -0.15) is 0 Å². The van der Waals surface area contributed by atoms with Gasteiger partial charge in [0.05, 0.1) is 12.6 Å². The number of hydrogen-bond acceptors (Lipinski definition) is 2. The Morgan fingerprint density at radius 3 is 3.00 bits per heavy atom. The van der Waals surface area contributed by atoms with Crippen LogP contribution in [0, 0.1) is 0 Å². The molecule has 0 aromatic heterocycles. The maximum atomic E-state index is 4.89.